The van der Waals surface area contributed by atoms with Crippen molar-refractivity contribution in [1.82, 2.24) is 5.32 Å². The average molecular weight is 246 g/mol. The fourth-order valence-corrected chi connectivity index (χ4v) is 1.75. The Morgan fingerprint density at radius 2 is 2.19 bits per heavy atom. The molecule has 0 heterocycles. The smallest absolute Gasteiger partial charge is 0.125 e. The minimum Gasteiger partial charge on any atom is -0.396 e. The van der Waals surface area contributed by atoms with Crippen LogP contribution in [0.15, 0.2) is 18.2 Å². The van der Waals surface area contributed by atoms with Crippen molar-refractivity contribution < 1.29 is 9.50 Å². The van der Waals surface area contributed by atoms with Crippen LogP contribution in [0.5, 0.6) is 0 Å². The van der Waals surface area contributed by atoms with Gasteiger partial charge >= 0.3 is 0 Å². The van der Waals surface area contributed by atoms with Crippen molar-refractivity contribution in [2.75, 3.05) is 6.61 Å². The number of hydrogen-bond donors (Lipinski definition) is 2. The molecule has 2 nitrogen and oxygen atoms in total. The van der Waals surface area contributed by atoms with Gasteiger partial charge in [-0.25, -0.2) is 4.39 Å². The molecule has 1 atom stereocenters. The Hall–Kier alpha value is -0.640. The van der Waals surface area contributed by atoms with Gasteiger partial charge < -0.3 is 10.4 Å². The van der Waals surface area contributed by atoms with Crippen molar-refractivity contribution in [3.8, 4) is 0 Å². The Morgan fingerprint density at radius 1 is 1.44 bits per heavy atom. The molecule has 0 fully saturated rings. The first-order valence-electron chi connectivity index (χ1n) is 5.41. The van der Waals surface area contributed by atoms with Crippen molar-refractivity contribution in [3.63, 3.8) is 0 Å². The number of benzene rings is 1. The van der Waals surface area contributed by atoms with Crippen molar-refractivity contribution in [2.45, 2.75) is 32.4 Å². The Bertz CT molecular complexity index is 313. The summed E-state index contributed by atoms with van der Waals surface area (Å²) in [7, 11) is 0. The fraction of sp³-hybridized carbons (Fsp3) is 0.500. The highest BCUT2D eigenvalue weighted by Gasteiger charge is 2.03. The van der Waals surface area contributed by atoms with Crippen LogP contribution in [0.2, 0.25) is 5.02 Å². The molecule has 90 valence electrons. The van der Waals surface area contributed by atoms with E-state index in [-0.39, 0.29) is 12.4 Å². The average Bonchev–Trinajstić information content (AvgIpc) is 2.22. The zero-order valence-electron chi connectivity index (χ0n) is 9.34. The molecule has 0 spiro atoms. The molecule has 0 saturated carbocycles. The number of rotatable bonds is 6. The van der Waals surface area contributed by atoms with E-state index in [2.05, 4.69) is 5.32 Å². The Labute approximate surface area is 100 Å². The number of nitrogens with one attached hydrogen (secondary N) is 1. The van der Waals surface area contributed by atoms with Crippen LogP contribution in [0.4, 0.5) is 4.39 Å². The largest absolute Gasteiger partial charge is 0.396 e. The van der Waals surface area contributed by atoms with E-state index in [1.54, 1.807) is 6.07 Å². The van der Waals surface area contributed by atoms with Gasteiger partial charge in [0.15, 0.2) is 0 Å². The summed E-state index contributed by atoms with van der Waals surface area (Å²) in [5.74, 6) is -0.313. The lowest BCUT2D eigenvalue weighted by molar-refractivity contribution is 0.276. The molecular formula is C12H17ClFNO. The predicted molar refractivity (Wildman–Crippen MR) is 64.0 cm³/mol. The van der Waals surface area contributed by atoms with Gasteiger partial charge in [-0.2, -0.15) is 0 Å². The standard InChI is InChI=1S/C12H17ClFNO/c1-9(3-2-4-16)15-8-10-5-11(13)7-12(14)6-10/h5-7,9,15-16H,2-4,8H2,1H3. The second-order valence-corrected chi connectivity index (χ2v) is 4.36. The second-order valence-electron chi connectivity index (χ2n) is 3.93. The maximum atomic E-state index is 13.0. The Morgan fingerprint density at radius 3 is 2.81 bits per heavy atom. The maximum Gasteiger partial charge on any atom is 0.125 e. The van der Waals surface area contributed by atoms with Gasteiger partial charge in [0.25, 0.3) is 0 Å². The van der Waals surface area contributed by atoms with Crippen LogP contribution < -0.4 is 5.32 Å². The third-order valence-electron chi connectivity index (χ3n) is 2.37. The Balaban J connectivity index is 2.41. The third kappa shape index (κ3) is 4.92. The number of aliphatic hydroxyl groups is 1. The lowest BCUT2D eigenvalue weighted by Crippen LogP contribution is -2.25. The molecule has 1 aromatic rings. The van der Waals surface area contributed by atoms with Gasteiger partial charge in [0.05, 0.1) is 0 Å². The molecule has 0 bridgehead atoms. The summed E-state index contributed by atoms with van der Waals surface area (Å²) >= 11 is 5.75. The maximum absolute atomic E-state index is 13.0. The summed E-state index contributed by atoms with van der Waals surface area (Å²) in [5.41, 5.74) is 0.834. The van der Waals surface area contributed by atoms with Gasteiger partial charge in [-0.15, -0.1) is 0 Å². The first kappa shape index (κ1) is 13.4. The van der Waals surface area contributed by atoms with Crippen LogP contribution in [0.25, 0.3) is 0 Å². The van der Waals surface area contributed by atoms with Crippen LogP contribution in [0.3, 0.4) is 0 Å². The minimum absolute atomic E-state index is 0.206. The lowest BCUT2D eigenvalue weighted by atomic mass is 10.1. The topological polar surface area (TPSA) is 32.3 Å². The molecule has 0 radical (unpaired) electrons. The van der Waals surface area contributed by atoms with Gasteiger partial charge in [0.2, 0.25) is 0 Å². The number of aliphatic hydroxyl groups excluding tert-OH is 1. The van der Waals surface area contributed by atoms with E-state index >= 15 is 0 Å². The summed E-state index contributed by atoms with van der Waals surface area (Å²) in [6, 6.07) is 4.81. The van der Waals surface area contributed by atoms with Crippen LogP contribution in [-0.4, -0.2) is 17.8 Å². The highest BCUT2D eigenvalue weighted by Crippen LogP contribution is 2.14. The molecule has 0 aliphatic carbocycles. The highest BCUT2D eigenvalue weighted by molar-refractivity contribution is 6.30. The van der Waals surface area contributed by atoms with E-state index in [9.17, 15) is 4.39 Å². The van der Waals surface area contributed by atoms with E-state index in [4.69, 9.17) is 16.7 Å². The molecule has 1 aromatic carbocycles. The minimum atomic E-state index is -0.313. The van der Waals surface area contributed by atoms with E-state index in [1.165, 1.54) is 12.1 Å². The first-order chi connectivity index (χ1) is 7.61. The van der Waals surface area contributed by atoms with Gasteiger partial charge in [0, 0.05) is 24.2 Å². The number of halogens is 2. The predicted octanol–water partition coefficient (Wildman–Crippen LogP) is 2.73. The molecule has 0 saturated heterocycles. The summed E-state index contributed by atoms with van der Waals surface area (Å²) in [6.07, 6.45) is 1.68. The molecule has 2 N–H and O–H groups in total. The van der Waals surface area contributed by atoms with E-state index in [0.717, 1.165) is 18.4 Å². The van der Waals surface area contributed by atoms with E-state index in [1.807, 2.05) is 6.92 Å². The first-order valence-corrected chi connectivity index (χ1v) is 5.79. The van der Waals surface area contributed by atoms with Crippen LogP contribution in [0.1, 0.15) is 25.3 Å². The zero-order valence-corrected chi connectivity index (χ0v) is 10.1. The monoisotopic (exact) mass is 245 g/mol. The molecule has 0 amide bonds. The van der Waals surface area contributed by atoms with Crippen LogP contribution >= 0.6 is 11.6 Å². The van der Waals surface area contributed by atoms with Crippen molar-refractivity contribution >= 4 is 11.6 Å². The van der Waals surface area contributed by atoms with Gasteiger partial charge in [-0.05, 0) is 43.5 Å². The highest BCUT2D eigenvalue weighted by atomic mass is 35.5. The molecule has 1 rings (SSSR count). The summed E-state index contributed by atoms with van der Waals surface area (Å²) < 4.78 is 13.0. The Kier molecular flexibility index (Phi) is 5.74. The van der Waals surface area contributed by atoms with Gasteiger partial charge in [0.1, 0.15) is 5.82 Å². The molecule has 4 heteroatoms. The molecule has 0 aliphatic heterocycles. The van der Waals surface area contributed by atoms with Crippen molar-refractivity contribution in [2.24, 2.45) is 0 Å². The van der Waals surface area contributed by atoms with E-state index in [0.29, 0.717) is 17.6 Å². The molecule has 1 unspecified atom stereocenters. The quantitative estimate of drug-likeness (QED) is 0.808. The lowest BCUT2D eigenvalue weighted by Gasteiger charge is -2.13. The SMILES string of the molecule is CC(CCCO)NCc1cc(F)cc(Cl)c1. The van der Waals surface area contributed by atoms with Gasteiger partial charge in [-0.3, -0.25) is 0 Å². The van der Waals surface area contributed by atoms with Crippen molar-refractivity contribution in [1.29, 1.82) is 0 Å². The fourth-order valence-electron chi connectivity index (χ4n) is 1.50. The molecule has 0 aromatic heterocycles. The summed E-state index contributed by atoms with van der Waals surface area (Å²) in [6.45, 7) is 2.83. The molecule has 16 heavy (non-hydrogen) atoms. The second kappa shape index (κ2) is 6.84. The molecule has 0 aliphatic rings. The third-order valence-corrected chi connectivity index (χ3v) is 2.59. The van der Waals surface area contributed by atoms with Crippen LogP contribution in [-0.2, 0) is 6.54 Å². The zero-order chi connectivity index (χ0) is 12.0. The summed E-state index contributed by atoms with van der Waals surface area (Å²) in [5, 5.41) is 12.3. The van der Waals surface area contributed by atoms with E-state index < -0.39 is 0 Å². The van der Waals surface area contributed by atoms with Crippen molar-refractivity contribution in [3.05, 3.63) is 34.6 Å². The van der Waals surface area contributed by atoms with Gasteiger partial charge in [-0.1, -0.05) is 11.6 Å². The molecular weight excluding hydrogens is 229 g/mol. The summed E-state index contributed by atoms with van der Waals surface area (Å²) in [4.78, 5) is 0. The van der Waals surface area contributed by atoms with Crippen LogP contribution in [0, 0.1) is 5.82 Å². The normalized spacial score (nSPS) is 12.8. The number of hydrogen-bond acceptors (Lipinski definition) is 2.